The second-order valence-electron chi connectivity index (χ2n) is 11.2. The van der Waals surface area contributed by atoms with E-state index in [1.54, 1.807) is 34.5 Å². The Hall–Kier alpha value is -4.48. The molecule has 42 heavy (non-hydrogen) atoms. The maximum absolute atomic E-state index is 13.5. The number of Topliss-reactive ketones (excluding diaryl/α,β-unsaturated/α-hetero) is 2. The number of hydrogen-bond acceptors (Lipinski definition) is 7. The molecule has 0 amide bonds. The Kier molecular flexibility index (Phi) is 10.6. The van der Waals surface area contributed by atoms with Crippen LogP contribution in [0, 0.1) is 22.0 Å². The number of carbonyl (C=O) groups excluding carboxylic acids is 3. The molecule has 3 rings (SSSR count). The first-order valence-electron chi connectivity index (χ1n) is 14.0. The minimum Gasteiger partial charge on any atom is -0.481 e. The first kappa shape index (κ1) is 32.0. The Bertz CT molecular complexity index is 1470. The van der Waals surface area contributed by atoms with Gasteiger partial charge in [0.05, 0.1) is 35.5 Å². The van der Waals surface area contributed by atoms with Gasteiger partial charge in [0.1, 0.15) is 5.69 Å². The van der Waals surface area contributed by atoms with Crippen molar-refractivity contribution in [3.63, 3.8) is 0 Å². The van der Waals surface area contributed by atoms with Crippen molar-refractivity contribution in [2.24, 2.45) is 11.8 Å². The number of carboxylic acid groups (broad SMARTS) is 1. The van der Waals surface area contributed by atoms with E-state index in [1.807, 2.05) is 27.7 Å². The van der Waals surface area contributed by atoms with Gasteiger partial charge in [-0.1, -0.05) is 27.7 Å². The Labute approximate surface area is 244 Å². The van der Waals surface area contributed by atoms with Crippen LogP contribution in [0.3, 0.4) is 0 Å². The highest BCUT2D eigenvalue weighted by molar-refractivity contribution is 5.99. The van der Waals surface area contributed by atoms with Crippen molar-refractivity contribution in [3.05, 3.63) is 75.1 Å². The molecule has 0 saturated carbocycles. The third-order valence-corrected chi connectivity index (χ3v) is 6.47. The van der Waals surface area contributed by atoms with Crippen molar-refractivity contribution in [2.75, 3.05) is 6.61 Å². The number of carbonyl (C=O) groups is 4. The zero-order chi connectivity index (χ0) is 31.1. The number of hydrogen-bond donors (Lipinski definition) is 1. The third kappa shape index (κ3) is 8.27. The number of ketones is 2. The zero-order valence-electron chi connectivity index (χ0n) is 24.7. The molecule has 1 N–H and O–H groups in total. The summed E-state index contributed by atoms with van der Waals surface area (Å²) in [5.41, 5.74) is 1.80. The van der Waals surface area contributed by atoms with Gasteiger partial charge in [-0.25, -0.2) is 4.79 Å². The molecule has 0 saturated heterocycles. The Morgan fingerprint density at radius 2 is 1.33 bits per heavy atom. The van der Waals surface area contributed by atoms with Gasteiger partial charge < -0.3 is 23.5 Å². The Morgan fingerprint density at radius 3 is 1.83 bits per heavy atom. The van der Waals surface area contributed by atoms with Crippen molar-refractivity contribution in [3.8, 4) is 0 Å². The van der Waals surface area contributed by atoms with Gasteiger partial charge in [-0.15, -0.1) is 0 Å². The highest BCUT2D eigenvalue weighted by Gasteiger charge is 2.23. The van der Waals surface area contributed by atoms with Crippen molar-refractivity contribution in [2.45, 2.75) is 73.5 Å². The summed E-state index contributed by atoms with van der Waals surface area (Å²) in [6.45, 7) is 10.8. The predicted octanol–water partition coefficient (Wildman–Crippen LogP) is 4.81. The molecule has 12 nitrogen and oxygen atoms in total. The van der Waals surface area contributed by atoms with E-state index in [1.165, 1.54) is 22.9 Å². The van der Waals surface area contributed by atoms with Gasteiger partial charge in [0.15, 0.2) is 11.6 Å². The van der Waals surface area contributed by atoms with Gasteiger partial charge in [0.2, 0.25) is 0 Å². The van der Waals surface area contributed by atoms with Crippen molar-refractivity contribution in [1.29, 1.82) is 0 Å². The monoisotopic (exact) mass is 582 g/mol. The highest BCUT2D eigenvalue weighted by Crippen LogP contribution is 2.22. The van der Waals surface area contributed by atoms with Crippen LogP contribution < -0.4 is 0 Å². The molecule has 12 heteroatoms. The lowest BCUT2D eigenvalue weighted by atomic mass is 10.1. The minimum absolute atomic E-state index is 0.0385. The van der Waals surface area contributed by atoms with Gasteiger partial charge >= 0.3 is 11.9 Å². The molecule has 0 bridgehead atoms. The fraction of sp³-hybridized carbons (Fsp3) is 0.467. The van der Waals surface area contributed by atoms with Crippen molar-refractivity contribution < 1.29 is 33.9 Å². The topological polar surface area (TPSA) is 156 Å². The molecule has 0 spiro atoms. The molecule has 0 unspecified atom stereocenters. The molecule has 0 fully saturated rings. The Balaban J connectivity index is 1.89. The minimum atomic E-state index is -1.02. The van der Waals surface area contributed by atoms with Gasteiger partial charge in [0.25, 0.3) is 5.69 Å². The lowest BCUT2D eigenvalue weighted by Crippen LogP contribution is -2.13. The smallest absolute Gasteiger partial charge is 0.354 e. The van der Waals surface area contributed by atoms with E-state index in [9.17, 15) is 29.3 Å². The summed E-state index contributed by atoms with van der Waals surface area (Å²) in [7, 11) is 0. The summed E-state index contributed by atoms with van der Waals surface area (Å²) in [5.74, 6) is -1.78. The number of aliphatic carboxylic acids is 1. The molecule has 0 radical (unpaired) electrons. The lowest BCUT2D eigenvalue weighted by molar-refractivity contribution is -0.384. The van der Waals surface area contributed by atoms with E-state index >= 15 is 0 Å². The highest BCUT2D eigenvalue weighted by atomic mass is 16.6. The van der Waals surface area contributed by atoms with Gasteiger partial charge in [-0.3, -0.25) is 24.5 Å². The van der Waals surface area contributed by atoms with E-state index in [2.05, 4.69) is 0 Å². The van der Waals surface area contributed by atoms with E-state index in [4.69, 9.17) is 9.84 Å². The largest absolute Gasteiger partial charge is 0.481 e. The van der Waals surface area contributed by atoms with Crippen LogP contribution in [0.1, 0.15) is 83.6 Å². The van der Waals surface area contributed by atoms with Crippen LogP contribution in [0.2, 0.25) is 0 Å². The van der Waals surface area contributed by atoms with E-state index < -0.39 is 16.9 Å². The fourth-order valence-electron chi connectivity index (χ4n) is 4.82. The molecule has 3 aromatic heterocycles. The molecule has 3 heterocycles. The van der Waals surface area contributed by atoms with Crippen LogP contribution in [-0.4, -0.2) is 53.8 Å². The van der Waals surface area contributed by atoms with E-state index in [0.29, 0.717) is 29.9 Å². The number of carboxylic acids is 1. The summed E-state index contributed by atoms with van der Waals surface area (Å²) < 4.78 is 9.99. The summed E-state index contributed by atoms with van der Waals surface area (Å²) in [4.78, 5) is 61.2. The first-order valence-corrected chi connectivity index (χ1v) is 14.0. The van der Waals surface area contributed by atoms with Crippen LogP contribution in [-0.2, 0) is 42.0 Å². The number of esters is 1. The van der Waals surface area contributed by atoms with Gasteiger partial charge in [-0.05, 0) is 42.0 Å². The third-order valence-electron chi connectivity index (χ3n) is 6.47. The van der Waals surface area contributed by atoms with Crippen LogP contribution >= 0.6 is 0 Å². The molecular weight excluding hydrogens is 544 g/mol. The van der Waals surface area contributed by atoms with E-state index in [0.717, 1.165) is 0 Å². The number of rotatable bonds is 16. The zero-order valence-corrected chi connectivity index (χ0v) is 24.7. The van der Waals surface area contributed by atoms with Gasteiger partial charge in [0, 0.05) is 50.9 Å². The number of ether oxygens (including phenoxy) is 1. The molecule has 3 aromatic rings. The van der Waals surface area contributed by atoms with Crippen molar-refractivity contribution in [1.82, 2.24) is 13.7 Å². The second kappa shape index (κ2) is 13.9. The Morgan fingerprint density at radius 1 is 0.833 bits per heavy atom. The number of aryl methyl sites for hydroxylation is 1. The summed E-state index contributed by atoms with van der Waals surface area (Å²) >= 11 is 0. The van der Waals surface area contributed by atoms with Crippen LogP contribution in [0.25, 0.3) is 0 Å². The standard InChI is InChI=1S/C30H38N4O8/c1-6-42-30(39)26-10-22(16-31(26)8-7-29(37)38)12-27(35)24-9-21(17-32(24)14-19(2)3)11-28(36)25-13-23(34(40)41)18-33(25)15-20(4)5/h9-10,13,16-20H,6-8,11-12,14-15H2,1-5H3,(H,37,38). The van der Waals surface area contributed by atoms with Crippen molar-refractivity contribution >= 4 is 29.2 Å². The summed E-state index contributed by atoms with van der Waals surface area (Å²) in [5, 5.41) is 20.4. The van der Waals surface area contributed by atoms with Gasteiger partial charge in [-0.2, -0.15) is 0 Å². The second-order valence-corrected chi connectivity index (χ2v) is 11.2. The average Bonchev–Trinajstić information content (AvgIpc) is 3.59. The van der Waals surface area contributed by atoms with Crippen LogP contribution in [0.5, 0.6) is 0 Å². The predicted molar refractivity (Wildman–Crippen MR) is 154 cm³/mol. The molecular formula is C30H38N4O8. The molecule has 0 aliphatic rings. The SMILES string of the molecule is CCOC(=O)c1cc(CC(=O)c2cc(CC(=O)c3cc([N+](=O)[O-])cn3CC(C)C)cn2CC(C)C)cn1CCC(=O)O. The number of nitrogens with zero attached hydrogens (tertiary/aromatic N) is 4. The number of aromatic nitrogens is 3. The maximum atomic E-state index is 13.5. The molecule has 226 valence electrons. The summed E-state index contributed by atoms with van der Waals surface area (Å²) in [6.07, 6.45) is 4.43. The average molecular weight is 583 g/mol. The van der Waals surface area contributed by atoms with E-state index in [-0.39, 0.29) is 72.9 Å². The maximum Gasteiger partial charge on any atom is 0.354 e. The molecule has 0 atom stereocenters. The van der Waals surface area contributed by atoms with Crippen LogP contribution in [0.15, 0.2) is 36.8 Å². The first-order chi connectivity index (χ1) is 19.8. The quantitative estimate of drug-likeness (QED) is 0.109. The lowest BCUT2D eigenvalue weighted by Gasteiger charge is -2.10. The number of nitro groups is 1. The van der Waals surface area contributed by atoms with Crippen LogP contribution in [0.4, 0.5) is 5.69 Å². The summed E-state index contributed by atoms with van der Waals surface area (Å²) in [6, 6.07) is 4.49. The molecule has 0 aliphatic carbocycles. The normalized spacial score (nSPS) is 11.3. The fourth-order valence-corrected chi connectivity index (χ4v) is 4.82. The molecule has 0 aromatic carbocycles. The molecule has 0 aliphatic heterocycles.